The topological polar surface area (TPSA) is 4.93 Å². The molecule has 1 nitrogen and oxygen atoms in total. The molecule has 5 aromatic rings. The standard InChI is InChI=1S/C32H33N/c1-20-8-14-29-27(18-20)28-19-21(2)9-15-30(28)33(29)26-12-10-25(11-13-26)32(6,7)31-23(4)16-22(3)17-24(31)5/h8-19H,1-7H3. The van der Waals surface area contributed by atoms with Gasteiger partial charge in [0.25, 0.3) is 0 Å². The fourth-order valence-corrected chi connectivity index (χ4v) is 5.87. The Labute approximate surface area is 197 Å². The van der Waals surface area contributed by atoms with Crippen LogP contribution in [0.5, 0.6) is 0 Å². The van der Waals surface area contributed by atoms with Crippen LogP contribution in [0.25, 0.3) is 27.5 Å². The van der Waals surface area contributed by atoms with E-state index in [0.717, 1.165) is 0 Å². The summed E-state index contributed by atoms with van der Waals surface area (Å²) < 4.78 is 2.41. The molecule has 0 fully saturated rings. The molecule has 0 aliphatic rings. The number of nitrogens with zero attached hydrogens (tertiary/aromatic N) is 1. The Kier molecular flexibility index (Phi) is 4.97. The summed E-state index contributed by atoms with van der Waals surface area (Å²) in [5.41, 5.74) is 13.1. The van der Waals surface area contributed by atoms with Crippen LogP contribution in [0.15, 0.2) is 72.8 Å². The first kappa shape index (κ1) is 21.5. The van der Waals surface area contributed by atoms with Crippen LogP contribution in [-0.2, 0) is 5.41 Å². The zero-order chi connectivity index (χ0) is 23.5. The van der Waals surface area contributed by atoms with Crippen LogP contribution < -0.4 is 0 Å². The van der Waals surface area contributed by atoms with E-state index in [1.165, 1.54) is 66.4 Å². The monoisotopic (exact) mass is 431 g/mol. The van der Waals surface area contributed by atoms with Crippen LogP contribution in [0.1, 0.15) is 52.8 Å². The molecule has 0 aliphatic carbocycles. The number of hydrogen-bond donors (Lipinski definition) is 0. The molecule has 0 aliphatic heterocycles. The van der Waals surface area contributed by atoms with E-state index in [1.807, 2.05) is 0 Å². The Morgan fingerprint density at radius 3 is 1.52 bits per heavy atom. The van der Waals surface area contributed by atoms with Crippen LogP contribution >= 0.6 is 0 Å². The van der Waals surface area contributed by atoms with Gasteiger partial charge in [0.2, 0.25) is 0 Å². The molecule has 0 spiro atoms. The third-order valence-corrected chi connectivity index (χ3v) is 7.23. The largest absolute Gasteiger partial charge is 0.309 e. The molecule has 0 unspecified atom stereocenters. The average molecular weight is 432 g/mol. The van der Waals surface area contributed by atoms with Crippen molar-refractivity contribution in [2.75, 3.05) is 0 Å². The van der Waals surface area contributed by atoms with Gasteiger partial charge in [-0.1, -0.05) is 66.9 Å². The van der Waals surface area contributed by atoms with Crippen LogP contribution in [0, 0.1) is 34.6 Å². The molecule has 1 heteroatoms. The van der Waals surface area contributed by atoms with Gasteiger partial charge in [0.1, 0.15) is 0 Å². The minimum Gasteiger partial charge on any atom is -0.309 e. The highest BCUT2D eigenvalue weighted by Crippen LogP contribution is 2.38. The van der Waals surface area contributed by atoms with Crippen molar-refractivity contribution in [2.24, 2.45) is 0 Å². The van der Waals surface area contributed by atoms with Crippen molar-refractivity contribution in [3.05, 3.63) is 112 Å². The Hall–Kier alpha value is -3.32. The summed E-state index contributed by atoms with van der Waals surface area (Å²) in [6, 6.07) is 27.4. The molecule has 0 amide bonds. The SMILES string of the molecule is Cc1cc(C)c(C(C)(C)c2ccc(-n3c4ccc(C)cc4c4cc(C)ccc43)cc2)c(C)c1. The number of aromatic nitrogens is 1. The highest BCUT2D eigenvalue weighted by molar-refractivity contribution is 6.09. The third kappa shape index (κ3) is 3.47. The third-order valence-electron chi connectivity index (χ3n) is 7.23. The van der Waals surface area contributed by atoms with E-state index in [4.69, 9.17) is 0 Å². The van der Waals surface area contributed by atoms with Gasteiger partial charge in [-0.2, -0.15) is 0 Å². The summed E-state index contributed by atoms with van der Waals surface area (Å²) >= 11 is 0. The Morgan fingerprint density at radius 1 is 0.545 bits per heavy atom. The molecule has 5 rings (SSSR count). The van der Waals surface area contributed by atoms with E-state index in [9.17, 15) is 0 Å². The molecule has 1 heterocycles. The van der Waals surface area contributed by atoms with Gasteiger partial charge in [-0.25, -0.2) is 0 Å². The molecular formula is C32H33N. The van der Waals surface area contributed by atoms with Crippen molar-refractivity contribution in [1.82, 2.24) is 4.57 Å². The lowest BCUT2D eigenvalue weighted by atomic mass is 9.74. The van der Waals surface area contributed by atoms with Crippen molar-refractivity contribution in [1.29, 1.82) is 0 Å². The summed E-state index contributed by atoms with van der Waals surface area (Å²) in [6.07, 6.45) is 0. The summed E-state index contributed by atoms with van der Waals surface area (Å²) in [7, 11) is 0. The number of aryl methyl sites for hydroxylation is 5. The van der Waals surface area contributed by atoms with Crippen LogP contribution in [0.2, 0.25) is 0 Å². The summed E-state index contributed by atoms with van der Waals surface area (Å²) in [5, 5.41) is 2.65. The van der Waals surface area contributed by atoms with Gasteiger partial charge in [-0.15, -0.1) is 0 Å². The first-order valence-corrected chi connectivity index (χ1v) is 11.9. The van der Waals surface area contributed by atoms with Crippen molar-refractivity contribution in [3.8, 4) is 5.69 Å². The van der Waals surface area contributed by atoms with E-state index >= 15 is 0 Å². The fraction of sp³-hybridized carbons (Fsp3) is 0.250. The lowest BCUT2D eigenvalue weighted by molar-refractivity contribution is 0.630. The molecule has 0 N–H and O–H groups in total. The summed E-state index contributed by atoms with van der Waals surface area (Å²) in [5.74, 6) is 0. The maximum absolute atomic E-state index is 2.41. The molecule has 166 valence electrons. The van der Waals surface area contributed by atoms with Gasteiger partial charge in [-0.3, -0.25) is 0 Å². The highest BCUT2D eigenvalue weighted by Gasteiger charge is 2.27. The zero-order valence-electron chi connectivity index (χ0n) is 20.9. The van der Waals surface area contributed by atoms with Crippen molar-refractivity contribution < 1.29 is 0 Å². The lowest BCUT2D eigenvalue weighted by Gasteiger charge is -2.30. The predicted molar refractivity (Wildman–Crippen MR) is 143 cm³/mol. The van der Waals surface area contributed by atoms with Crippen molar-refractivity contribution in [3.63, 3.8) is 0 Å². The van der Waals surface area contributed by atoms with Gasteiger partial charge >= 0.3 is 0 Å². The lowest BCUT2D eigenvalue weighted by Crippen LogP contribution is -2.22. The van der Waals surface area contributed by atoms with Gasteiger partial charge in [-0.05, 0) is 93.3 Å². The summed E-state index contributed by atoms with van der Waals surface area (Å²) in [6.45, 7) is 15.7. The summed E-state index contributed by atoms with van der Waals surface area (Å²) in [4.78, 5) is 0. The Bertz CT molecular complexity index is 1430. The Morgan fingerprint density at radius 2 is 1.03 bits per heavy atom. The average Bonchev–Trinajstić information content (AvgIpc) is 3.05. The smallest absolute Gasteiger partial charge is 0.0541 e. The highest BCUT2D eigenvalue weighted by atomic mass is 15.0. The maximum atomic E-state index is 2.41. The molecular weight excluding hydrogens is 398 g/mol. The van der Waals surface area contributed by atoms with Gasteiger partial charge in [0.05, 0.1) is 11.0 Å². The molecule has 1 aromatic heterocycles. The van der Waals surface area contributed by atoms with Gasteiger partial charge in [0.15, 0.2) is 0 Å². The predicted octanol–water partition coefficient (Wildman–Crippen LogP) is 8.65. The molecule has 0 bridgehead atoms. The number of hydrogen-bond acceptors (Lipinski definition) is 0. The van der Waals surface area contributed by atoms with Crippen molar-refractivity contribution >= 4 is 21.8 Å². The molecule has 33 heavy (non-hydrogen) atoms. The number of fused-ring (bicyclic) bond motifs is 3. The molecule has 0 atom stereocenters. The normalized spacial score (nSPS) is 12.1. The second-order valence-electron chi connectivity index (χ2n) is 10.3. The maximum Gasteiger partial charge on any atom is 0.0541 e. The van der Waals surface area contributed by atoms with Crippen LogP contribution in [0.3, 0.4) is 0 Å². The molecule has 0 saturated carbocycles. The van der Waals surface area contributed by atoms with E-state index < -0.39 is 0 Å². The number of rotatable bonds is 3. The zero-order valence-corrected chi connectivity index (χ0v) is 20.9. The van der Waals surface area contributed by atoms with Crippen LogP contribution in [-0.4, -0.2) is 4.57 Å². The van der Waals surface area contributed by atoms with E-state index in [0.29, 0.717) is 0 Å². The molecule has 0 saturated heterocycles. The van der Waals surface area contributed by atoms with E-state index in [2.05, 4.69) is 126 Å². The Balaban J connectivity index is 1.67. The minimum absolute atomic E-state index is 0.0601. The van der Waals surface area contributed by atoms with E-state index in [-0.39, 0.29) is 5.41 Å². The molecule has 4 aromatic carbocycles. The van der Waals surface area contributed by atoms with Crippen LogP contribution in [0.4, 0.5) is 0 Å². The minimum atomic E-state index is -0.0601. The fourth-order valence-electron chi connectivity index (χ4n) is 5.87. The van der Waals surface area contributed by atoms with Gasteiger partial charge < -0.3 is 4.57 Å². The first-order chi connectivity index (χ1) is 15.7. The second kappa shape index (κ2) is 7.63. The second-order valence-corrected chi connectivity index (χ2v) is 10.3. The van der Waals surface area contributed by atoms with Crippen molar-refractivity contribution in [2.45, 2.75) is 53.9 Å². The quantitative estimate of drug-likeness (QED) is 0.269. The number of benzene rings is 4. The van der Waals surface area contributed by atoms with Gasteiger partial charge in [0, 0.05) is 21.9 Å². The first-order valence-electron chi connectivity index (χ1n) is 11.9. The molecule has 0 radical (unpaired) electrons. The van der Waals surface area contributed by atoms with E-state index in [1.54, 1.807) is 0 Å².